The first-order valence-electron chi connectivity index (χ1n) is 16.5. The van der Waals surface area contributed by atoms with Crippen LogP contribution in [0.1, 0.15) is 82.8 Å². The van der Waals surface area contributed by atoms with Gasteiger partial charge in [0.05, 0.1) is 0 Å². The van der Waals surface area contributed by atoms with Gasteiger partial charge in [-0.25, -0.2) is 4.79 Å². The number of hydrogen-bond donors (Lipinski definition) is 2. The third-order valence-electron chi connectivity index (χ3n) is 8.16. The number of fused-ring (bicyclic) bond motifs is 1. The van der Waals surface area contributed by atoms with Crippen molar-refractivity contribution in [1.82, 2.24) is 20.4 Å². The molecule has 0 radical (unpaired) electrons. The van der Waals surface area contributed by atoms with Gasteiger partial charge in [-0.1, -0.05) is 66.7 Å². The SMILES string of the molecule is CC(C)N(CCNC(=O)C1c2ccc(OCc3ccccc3)cc2CCN1C(=O)[C@@H](NC(=O)OC(C)(C)C)c1ccccc1)C(C)C. The van der Waals surface area contributed by atoms with Gasteiger partial charge in [-0.15, -0.1) is 0 Å². The molecule has 9 nitrogen and oxygen atoms in total. The van der Waals surface area contributed by atoms with E-state index in [1.807, 2.05) is 66.7 Å². The summed E-state index contributed by atoms with van der Waals surface area (Å²) in [4.78, 5) is 45.4. The van der Waals surface area contributed by atoms with Gasteiger partial charge in [0.25, 0.3) is 5.91 Å². The van der Waals surface area contributed by atoms with Crippen LogP contribution >= 0.6 is 0 Å². The molecule has 4 rings (SSSR count). The highest BCUT2D eigenvalue weighted by Gasteiger charge is 2.40. The Kier molecular flexibility index (Phi) is 12.0. The number of nitrogens with zero attached hydrogens (tertiary/aromatic N) is 2. The number of rotatable bonds is 12. The van der Waals surface area contributed by atoms with Crippen LogP contribution in [0.25, 0.3) is 0 Å². The van der Waals surface area contributed by atoms with E-state index in [-0.39, 0.29) is 18.4 Å². The van der Waals surface area contributed by atoms with Gasteiger partial charge in [0, 0.05) is 31.7 Å². The summed E-state index contributed by atoms with van der Waals surface area (Å²) in [5.41, 5.74) is 2.59. The first kappa shape index (κ1) is 35.5. The lowest BCUT2D eigenvalue weighted by Crippen LogP contribution is -2.52. The van der Waals surface area contributed by atoms with Gasteiger partial charge in [-0.05, 0) is 89.3 Å². The van der Waals surface area contributed by atoms with E-state index in [0.717, 1.165) is 16.7 Å². The van der Waals surface area contributed by atoms with Gasteiger partial charge in [0.1, 0.15) is 30.0 Å². The predicted molar refractivity (Wildman–Crippen MR) is 184 cm³/mol. The molecule has 0 aliphatic carbocycles. The topological polar surface area (TPSA) is 100 Å². The van der Waals surface area contributed by atoms with Crippen LogP contribution in [-0.4, -0.2) is 65.0 Å². The van der Waals surface area contributed by atoms with Crippen molar-refractivity contribution >= 4 is 17.9 Å². The lowest BCUT2D eigenvalue weighted by atomic mass is 9.90. The molecule has 3 aromatic carbocycles. The van der Waals surface area contributed by atoms with Crippen LogP contribution in [-0.2, 0) is 27.4 Å². The van der Waals surface area contributed by atoms with Gasteiger partial charge in [-0.2, -0.15) is 0 Å². The number of hydrogen-bond acceptors (Lipinski definition) is 6. The maximum Gasteiger partial charge on any atom is 0.408 e. The summed E-state index contributed by atoms with van der Waals surface area (Å²) in [6.45, 7) is 15.7. The van der Waals surface area contributed by atoms with Crippen molar-refractivity contribution in [2.45, 2.75) is 91.3 Å². The fourth-order valence-corrected chi connectivity index (χ4v) is 6.00. The number of amides is 3. The summed E-state index contributed by atoms with van der Waals surface area (Å²) in [7, 11) is 0. The summed E-state index contributed by atoms with van der Waals surface area (Å²) in [5.74, 6) is 0.0434. The highest BCUT2D eigenvalue weighted by Crippen LogP contribution is 2.35. The molecule has 0 fully saturated rings. The minimum Gasteiger partial charge on any atom is -0.489 e. The van der Waals surface area contributed by atoms with Crippen LogP contribution in [0, 0.1) is 0 Å². The highest BCUT2D eigenvalue weighted by atomic mass is 16.6. The van der Waals surface area contributed by atoms with E-state index in [2.05, 4.69) is 43.2 Å². The predicted octanol–water partition coefficient (Wildman–Crippen LogP) is 6.19. The van der Waals surface area contributed by atoms with E-state index in [9.17, 15) is 14.4 Å². The van der Waals surface area contributed by atoms with Crippen molar-refractivity contribution in [3.05, 3.63) is 101 Å². The fraction of sp³-hybridized carbons (Fsp3) is 0.447. The average molecular weight is 643 g/mol. The second-order valence-electron chi connectivity index (χ2n) is 13.5. The van der Waals surface area contributed by atoms with E-state index in [0.29, 0.717) is 49.5 Å². The molecule has 2 atom stereocenters. The second kappa shape index (κ2) is 16.0. The third-order valence-corrected chi connectivity index (χ3v) is 8.16. The number of carbonyl (C=O) groups is 3. The average Bonchev–Trinajstić information content (AvgIpc) is 3.03. The van der Waals surface area contributed by atoms with Gasteiger partial charge in [0.15, 0.2) is 0 Å². The molecule has 1 aliphatic heterocycles. The highest BCUT2D eigenvalue weighted by molar-refractivity contribution is 5.93. The number of benzene rings is 3. The quantitative estimate of drug-likeness (QED) is 0.244. The largest absolute Gasteiger partial charge is 0.489 e. The fourth-order valence-electron chi connectivity index (χ4n) is 6.00. The van der Waals surface area contributed by atoms with Crippen LogP contribution in [0.2, 0.25) is 0 Å². The van der Waals surface area contributed by atoms with Crippen LogP contribution in [0.3, 0.4) is 0 Å². The molecule has 0 saturated carbocycles. The summed E-state index contributed by atoms with van der Waals surface area (Å²) in [5, 5.41) is 5.90. The summed E-state index contributed by atoms with van der Waals surface area (Å²) >= 11 is 0. The molecule has 3 amide bonds. The van der Waals surface area contributed by atoms with Gasteiger partial charge in [0.2, 0.25) is 5.91 Å². The Hall–Kier alpha value is -4.37. The number of ether oxygens (including phenoxy) is 2. The molecule has 0 aromatic heterocycles. The Bertz CT molecular complexity index is 1480. The lowest BCUT2D eigenvalue weighted by Gasteiger charge is -2.39. The van der Waals surface area contributed by atoms with Crippen molar-refractivity contribution in [1.29, 1.82) is 0 Å². The van der Waals surface area contributed by atoms with Gasteiger partial charge < -0.3 is 25.0 Å². The summed E-state index contributed by atoms with van der Waals surface area (Å²) in [6.07, 6.45) is -0.184. The third kappa shape index (κ3) is 9.81. The Labute approximate surface area is 279 Å². The van der Waals surface area contributed by atoms with E-state index in [1.54, 1.807) is 37.8 Å². The van der Waals surface area contributed by atoms with Crippen molar-refractivity contribution in [3.8, 4) is 5.75 Å². The molecule has 1 aliphatic rings. The van der Waals surface area contributed by atoms with Crippen LogP contribution in [0.15, 0.2) is 78.9 Å². The zero-order valence-corrected chi connectivity index (χ0v) is 28.8. The molecule has 0 bridgehead atoms. The number of alkyl carbamates (subject to hydrolysis) is 1. The van der Waals surface area contributed by atoms with Crippen molar-refractivity contribution < 1.29 is 23.9 Å². The van der Waals surface area contributed by atoms with Gasteiger partial charge in [-0.3, -0.25) is 14.5 Å². The van der Waals surface area contributed by atoms with Gasteiger partial charge >= 0.3 is 6.09 Å². The minimum absolute atomic E-state index is 0.270. The van der Waals surface area contributed by atoms with E-state index >= 15 is 0 Å². The Morgan fingerprint density at radius 2 is 1.55 bits per heavy atom. The molecule has 0 spiro atoms. The second-order valence-corrected chi connectivity index (χ2v) is 13.5. The van der Waals surface area contributed by atoms with E-state index in [4.69, 9.17) is 9.47 Å². The first-order valence-corrected chi connectivity index (χ1v) is 16.5. The van der Waals surface area contributed by atoms with Crippen molar-refractivity contribution in [3.63, 3.8) is 0 Å². The Morgan fingerprint density at radius 3 is 2.17 bits per heavy atom. The molecule has 0 saturated heterocycles. The Morgan fingerprint density at radius 1 is 0.915 bits per heavy atom. The van der Waals surface area contributed by atoms with Crippen LogP contribution < -0.4 is 15.4 Å². The molecule has 9 heteroatoms. The smallest absolute Gasteiger partial charge is 0.408 e. The number of nitrogens with one attached hydrogen (secondary N) is 2. The Balaban J connectivity index is 1.64. The molecule has 3 aromatic rings. The van der Waals surface area contributed by atoms with Crippen LogP contribution in [0.4, 0.5) is 4.79 Å². The monoisotopic (exact) mass is 642 g/mol. The molecular weight excluding hydrogens is 592 g/mol. The molecule has 1 unspecified atom stereocenters. The van der Waals surface area contributed by atoms with Crippen LogP contribution in [0.5, 0.6) is 5.75 Å². The minimum atomic E-state index is -1.05. The molecule has 252 valence electrons. The molecule has 1 heterocycles. The molecule has 47 heavy (non-hydrogen) atoms. The molecular formula is C38H50N4O5. The number of carbonyl (C=O) groups excluding carboxylic acids is 3. The zero-order chi connectivity index (χ0) is 34.1. The lowest BCUT2D eigenvalue weighted by molar-refractivity contribution is -0.143. The van der Waals surface area contributed by atoms with Crippen molar-refractivity contribution in [2.75, 3.05) is 19.6 Å². The van der Waals surface area contributed by atoms with E-state index in [1.165, 1.54) is 0 Å². The zero-order valence-electron chi connectivity index (χ0n) is 28.8. The maximum absolute atomic E-state index is 14.5. The molecule has 2 N–H and O–H groups in total. The summed E-state index contributed by atoms with van der Waals surface area (Å²) in [6, 6.07) is 23.4. The summed E-state index contributed by atoms with van der Waals surface area (Å²) < 4.78 is 11.6. The first-order chi connectivity index (χ1) is 22.3. The normalized spacial score (nSPS) is 15.3. The maximum atomic E-state index is 14.5. The van der Waals surface area contributed by atoms with E-state index < -0.39 is 23.8 Å². The standard InChI is InChI=1S/C38H50N4O5/c1-26(2)41(27(3)4)23-21-39-35(43)34-32-19-18-31(46-25-28-14-10-8-11-15-28)24-30(32)20-22-42(34)36(44)33(29-16-12-9-13-17-29)40-37(45)47-38(5,6)7/h8-19,24,26-27,33-34H,20-23,25H2,1-7H3,(H,39,43)(H,40,45)/t33-,34?/m0/s1. The van der Waals surface area contributed by atoms with Crippen molar-refractivity contribution in [2.24, 2.45) is 0 Å².